The normalized spacial score (nSPS) is 11.7. The number of carbonyl (C=O) groups is 1. The average Bonchev–Trinajstić information content (AvgIpc) is 2.98. The fraction of sp³-hybridized carbons (Fsp3) is 0.235. The van der Waals surface area contributed by atoms with Crippen LogP contribution in [0.15, 0.2) is 53.1 Å². The lowest BCUT2D eigenvalue weighted by atomic mass is 9.92. The predicted molar refractivity (Wildman–Crippen MR) is 74.7 cm³/mol. The van der Waals surface area contributed by atoms with Crippen molar-refractivity contribution in [1.29, 1.82) is 0 Å². The second-order valence-electron chi connectivity index (χ2n) is 4.51. The van der Waals surface area contributed by atoms with Gasteiger partial charge in [0.2, 0.25) is 5.78 Å². The summed E-state index contributed by atoms with van der Waals surface area (Å²) in [4.78, 5) is 11.5. The van der Waals surface area contributed by atoms with Crippen molar-refractivity contribution >= 4 is 5.78 Å². The van der Waals surface area contributed by atoms with Crippen LogP contribution in [-0.2, 0) is 11.2 Å². The number of furan rings is 1. The fourth-order valence-electron chi connectivity index (χ4n) is 2.14. The summed E-state index contributed by atoms with van der Waals surface area (Å²) in [5, 5.41) is 0. The Bertz CT molecular complexity index is 547. The molecule has 1 heterocycles. The van der Waals surface area contributed by atoms with Crippen LogP contribution in [0.3, 0.4) is 0 Å². The molecule has 0 saturated heterocycles. The molecule has 1 aromatic heterocycles. The Morgan fingerprint density at radius 1 is 1.21 bits per heavy atom. The molecule has 2 heteroatoms. The van der Waals surface area contributed by atoms with Gasteiger partial charge in [0, 0.05) is 12.3 Å². The van der Waals surface area contributed by atoms with Gasteiger partial charge in [0.15, 0.2) is 0 Å². The SMILES string of the molecule is C#CC(=O)CC(CCc1ccccc1)c1ccco1. The van der Waals surface area contributed by atoms with Crippen molar-refractivity contribution in [2.24, 2.45) is 0 Å². The second kappa shape index (κ2) is 6.61. The summed E-state index contributed by atoms with van der Waals surface area (Å²) < 4.78 is 5.41. The lowest BCUT2D eigenvalue weighted by molar-refractivity contribution is -0.114. The number of benzene rings is 1. The smallest absolute Gasteiger partial charge is 0.205 e. The quantitative estimate of drug-likeness (QED) is 0.581. The molecule has 0 aliphatic carbocycles. The van der Waals surface area contributed by atoms with Crippen LogP contribution < -0.4 is 0 Å². The van der Waals surface area contributed by atoms with Crippen LogP contribution in [0.4, 0.5) is 0 Å². The maximum Gasteiger partial charge on any atom is 0.205 e. The van der Waals surface area contributed by atoms with E-state index >= 15 is 0 Å². The number of hydrogen-bond acceptors (Lipinski definition) is 2. The summed E-state index contributed by atoms with van der Waals surface area (Å²) in [6, 6.07) is 13.9. The molecular formula is C17H16O2. The summed E-state index contributed by atoms with van der Waals surface area (Å²) in [7, 11) is 0. The fourth-order valence-corrected chi connectivity index (χ4v) is 2.14. The maximum absolute atomic E-state index is 11.5. The Balaban J connectivity index is 2.02. The van der Waals surface area contributed by atoms with E-state index in [2.05, 4.69) is 18.1 Å². The molecule has 0 spiro atoms. The third-order valence-electron chi connectivity index (χ3n) is 3.16. The topological polar surface area (TPSA) is 30.2 Å². The summed E-state index contributed by atoms with van der Waals surface area (Å²) in [5.41, 5.74) is 1.26. The van der Waals surface area contributed by atoms with Gasteiger partial charge in [-0.2, -0.15) is 0 Å². The van der Waals surface area contributed by atoms with E-state index in [1.807, 2.05) is 30.3 Å². The van der Waals surface area contributed by atoms with Crippen molar-refractivity contribution in [3.63, 3.8) is 0 Å². The number of ketones is 1. The molecule has 0 fully saturated rings. The van der Waals surface area contributed by atoms with Crippen molar-refractivity contribution in [3.8, 4) is 12.3 Å². The van der Waals surface area contributed by atoms with Gasteiger partial charge in [0.1, 0.15) is 5.76 Å². The lowest BCUT2D eigenvalue weighted by Crippen LogP contribution is -2.06. The molecule has 2 aromatic rings. The van der Waals surface area contributed by atoms with Gasteiger partial charge in [-0.15, -0.1) is 6.42 Å². The minimum absolute atomic E-state index is 0.0544. The third-order valence-corrected chi connectivity index (χ3v) is 3.16. The van der Waals surface area contributed by atoms with Gasteiger partial charge >= 0.3 is 0 Å². The number of carbonyl (C=O) groups excluding carboxylic acids is 1. The molecule has 96 valence electrons. The minimum Gasteiger partial charge on any atom is -0.469 e. The molecule has 0 aliphatic rings. The maximum atomic E-state index is 11.5. The monoisotopic (exact) mass is 252 g/mol. The highest BCUT2D eigenvalue weighted by atomic mass is 16.3. The van der Waals surface area contributed by atoms with Crippen molar-refractivity contribution in [2.75, 3.05) is 0 Å². The van der Waals surface area contributed by atoms with Crippen molar-refractivity contribution in [1.82, 2.24) is 0 Å². The Morgan fingerprint density at radius 2 is 2.00 bits per heavy atom. The molecule has 0 N–H and O–H groups in total. The van der Waals surface area contributed by atoms with Crippen molar-refractivity contribution < 1.29 is 9.21 Å². The summed E-state index contributed by atoms with van der Waals surface area (Å²) >= 11 is 0. The van der Waals surface area contributed by atoms with Gasteiger partial charge < -0.3 is 4.42 Å². The largest absolute Gasteiger partial charge is 0.469 e. The third kappa shape index (κ3) is 3.86. The van der Waals surface area contributed by atoms with E-state index in [0.29, 0.717) is 6.42 Å². The first kappa shape index (κ1) is 13.2. The highest BCUT2D eigenvalue weighted by Gasteiger charge is 2.17. The summed E-state index contributed by atoms with van der Waals surface area (Å²) in [6.45, 7) is 0. The molecule has 1 aromatic carbocycles. The van der Waals surface area contributed by atoms with Gasteiger partial charge in [-0.25, -0.2) is 0 Å². The zero-order valence-corrected chi connectivity index (χ0v) is 10.7. The molecule has 2 nitrogen and oxygen atoms in total. The van der Waals surface area contributed by atoms with Crippen LogP contribution in [0, 0.1) is 12.3 Å². The van der Waals surface area contributed by atoms with Crippen LogP contribution in [0.1, 0.15) is 30.1 Å². The summed E-state index contributed by atoms with van der Waals surface area (Å²) in [5.74, 6) is 2.89. The molecule has 1 atom stereocenters. The van der Waals surface area contributed by atoms with Crippen LogP contribution in [0.2, 0.25) is 0 Å². The Hall–Kier alpha value is -2.27. The van der Waals surface area contributed by atoms with Crippen LogP contribution in [0.5, 0.6) is 0 Å². The van der Waals surface area contributed by atoms with Crippen LogP contribution in [0.25, 0.3) is 0 Å². The van der Waals surface area contributed by atoms with Gasteiger partial charge in [-0.3, -0.25) is 4.79 Å². The molecular weight excluding hydrogens is 236 g/mol. The Labute approximate surface area is 113 Å². The van der Waals surface area contributed by atoms with E-state index in [9.17, 15) is 4.79 Å². The molecule has 2 rings (SSSR count). The van der Waals surface area contributed by atoms with Gasteiger partial charge in [0.05, 0.1) is 6.26 Å². The van der Waals surface area contributed by atoms with Crippen molar-refractivity contribution in [2.45, 2.75) is 25.2 Å². The van der Waals surface area contributed by atoms with Crippen LogP contribution >= 0.6 is 0 Å². The number of rotatable bonds is 6. The van der Waals surface area contributed by atoms with E-state index in [0.717, 1.165) is 18.6 Å². The zero-order valence-electron chi connectivity index (χ0n) is 10.7. The second-order valence-corrected chi connectivity index (χ2v) is 4.51. The van der Waals surface area contributed by atoms with E-state index < -0.39 is 0 Å². The van der Waals surface area contributed by atoms with E-state index in [1.165, 1.54) is 5.56 Å². The van der Waals surface area contributed by atoms with Gasteiger partial charge in [0.25, 0.3) is 0 Å². The van der Waals surface area contributed by atoms with Gasteiger partial charge in [-0.1, -0.05) is 30.3 Å². The van der Waals surface area contributed by atoms with Gasteiger partial charge in [-0.05, 0) is 36.5 Å². The number of aryl methyl sites for hydroxylation is 1. The van der Waals surface area contributed by atoms with E-state index in [-0.39, 0.29) is 11.7 Å². The highest BCUT2D eigenvalue weighted by molar-refractivity contribution is 5.95. The molecule has 0 bridgehead atoms. The highest BCUT2D eigenvalue weighted by Crippen LogP contribution is 2.26. The van der Waals surface area contributed by atoms with E-state index in [4.69, 9.17) is 10.8 Å². The first-order chi connectivity index (χ1) is 9.29. The first-order valence-corrected chi connectivity index (χ1v) is 6.36. The molecule has 0 radical (unpaired) electrons. The van der Waals surface area contributed by atoms with Crippen LogP contribution in [-0.4, -0.2) is 5.78 Å². The first-order valence-electron chi connectivity index (χ1n) is 6.36. The van der Waals surface area contributed by atoms with Crippen molar-refractivity contribution in [3.05, 3.63) is 60.1 Å². The number of Topliss-reactive ketones (excluding diaryl/α,β-unsaturated/α-hetero) is 1. The molecule has 0 aliphatic heterocycles. The summed E-state index contributed by atoms with van der Waals surface area (Å²) in [6.07, 6.45) is 8.88. The minimum atomic E-state index is -0.172. The molecule has 1 unspecified atom stereocenters. The molecule has 19 heavy (non-hydrogen) atoms. The molecule has 0 saturated carbocycles. The predicted octanol–water partition coefficient (Wildman–Crippen LogP) is 3.59. The Kier molecular flexibility index (Phi) is 4.58. The number of terminal acetylenes is 1. The average molecular weight is 252 g/mol. The zero-order chi connectivity index (χ0) is 13.5. The lowest BCUT2D eigenvalue weighted by Gasteiger charge is -2.12. The van der Waals surface area contributed by atoms with E-state index in [1.54, 1.807) is 6.26 Å². The number of hydrogen-bond donors (Lipinski definition) is 0. The Morgan fingerprint density at radius 3 is 2.63 bits per heavy atom. The molecule has 0 amide bonds. The standard InChI is InChI=1S/C17H16O2/c1-2-16(18)13-15(17-9-6-12-19-17)11-10-14-7-4-3-5-8-14/h1,3-9,12,15H,10-11,13H2.